The van der Waals surface area contributed by atoms with Crippen LogP contribution in [0.2, 0.25) is 0 Å². The van der Waals surface area contributed by atoms with Gasteiger partial charge in [-0.2, -0.15) is 0 Å². The molecule has 1 rings (SSSR count). The van der Waals surface area contributed by atoms with Crippen LogP contribution in [0.1, 0.15) is 40.2 Å². The van der Waals surface area contributed by atoms with Crippen molar-refractivity contribution >= 4 is 11.6 Å². The first-order valence-corrected chi connectivity index (χ1v) is 5.94. The highest BCUT2D eigenvalue weighted by molar-refractivity contribution is 5.88. The molecule has 0 atom stereocenters. The van der Waals surface area contributed by atoms with Crippen LogP contribution in [0.15, 0.2) is 24.3 Å². The Morgan fingerprint density at radius 2 is 1.94 bits per heavy atom. The standard InChI is InChI=1S/C12H17NO.C2H6/c1-9(2)7-11-5-4-6-12(8-11)13-10(3)14;1-2/h4-6,8-9H,7H2,1-3H3,(H,13,14);1-2H3. The molecule has 0 spiro atoms. The lowest BCUT2D eigenvalue weighted by atomic mass is 10.0. The van der Waals surface area contributed by atoms with Crippen LogP contribution in [0.5, 0.6) is 0 Å². The molecule has 0 saturated carbocycles. The zero-order valence-electron chi connectivity index (χ0n) is 11.0. The van der Waals surface area contributed by atoms with Gasteiger partial charge in [0.05, 0.1) is 0 Å². The van der Waals surface area contributed by atoms with Crippen LogP contribution in [0.4, 0.5) is 5.69 Å². The molecule has 1 aromatic carbocycles. The van der Waals surface area contributed by atoms with E-state index < -0.39 is 0 Å². The second-order valence-electron chi connectivity index (χ2n) is 3.98. The van der Waals surface area contributed by atoms with Gasteiger partial charge in [0.25, 0.3) is 0 Å². The lowest BCUT2D eigenvalue weighted by Gasteiger charge is -2.07. The van der Waals surface area contributed by atoms with E-state index in [2.05, 4.69) is 25.2 Å². The zero-order valence-corrected chi connectivity index (χ0v) is 11.0. The van der Waals surface area contributed by atoms with Crippen LogP contribution in [0.25, 0.3) is 0 Å². The molecule has 0 unspecified atom stereocenters. The number of rotatable bonds is 3. The normalized spacial score (nSPS) is 9.38. The molecule has 0 aliphatic heterocycles. The Bertz CT molecular complexity index is 318. The molecule has 0 fully saturated rings. The molecule has 1 amide bonds. The molecule has 1 N–H and O–H groups in total. The summed E-state index contributed by atoms with van der Waals surface area (Å²) in [7, 11) is 0. The molecular weight excluding hydrogens is 198 g/mol. The molecule has 0 radical (unpaired) electrons. The molecule has 90 valence electrons. The smallest absolute Gasteiger partial charge is 0.221 e. The number of amides is 1. The number of benzene rings is 1. The lowest BCUT2D eigenvalue weighted by Crippen LogP contribution is -2.06. The monoisotopic (exact) mass is 221 g/mol. The van der Waals surface area contributed by atoms with Crippen LogP contribution in [0.3, 0.4) is 0 Å². The highest BCUT2D eigenvalue weighted by atomic mass is 16.1. The van der Waals surface area contributed by atoms with Gasteiger partial charge in [-0.25, -0.2) is 0 Å². The average molecular weight is 221 g/mol. The number of hydrogen-bond donors (Lipinski definition) is 1. The van der Waals surface area contributed by atoms with Crippen molar-refractivity contribution in [1.29, 1.82) is 0 Å². The van der Waals surface area contributed by atoms with Crippen molar-refractivity contribution in [3.63, 3.8) is 0 Å². The van der Waals surface area contributed by atoms with Gasteiger partial charge in [0.1, 0.15) is 0 Å². The van der Waals surface area contributed by atoms with Gasteiger partial charge in [0.15, 0.2) is 0 Å². The van der Waals surface area contributed by atoms with E-state index in [0.29, 0.717) is 5.92 Å². The average Bonchev–Trinajstić information content (AvgIpc) is 2.19. The summed E-state index contributed by atoms with van der Waals surface area (Å²) in [4.78, 5) is 10.8. The Morgan fingerprint density at radius 1 is 1.31 bits per heavy atom. The van der Waals surface area contributed by atoms with Crippen LogP contribution in [-0.2, 0) is 11.2 Å². The summed E-state index contributed by atoms with van der Waals surface area (Å²) in [5.74, 6) is 0.620. The molecule has 2 nitrogen and oxygen atoms in total. The summed E-state index contributed by atoms with van der Waals surface area (Å²) in [5.41, 5.74) is 2.15. The maximum absolute atomic E-state index is 10.8. The molecule has 0 saturated heterocycles. The third-order valence-corrected chi connectivity index (χ3v) is 1.89. The number of anilines is 1. The van der Waals surface area contributed by atoms with Gasteiger partial charge >= 0.3 is 0 Å². The van der Waals surface area contributed by atoms with Gasteiger partial charge in [0, 0.05) is 12.6 Å². The van der Waals surface area contributed by atoms with Crippen molar-refractivity contribution in [1.82, 2.24) is 0 Å². The topological polar surface area (TPSA) is 29.1 Å². The van der Waals surface area contributed by atoms with Gasteiger partial charge in [0.2, 0.25) is 5.91 Å². The number of nitrogens with one attached hydrogen (secondary N) is 1. The minimum atomic E-state index is -0.0216. The minimum Gasteiger partial charge on any atom is -0.326 e. The second kappa shape index (κ2) is 7.91. The van der Waals surface area contributed by atoms with E-state index in [9.17, 15) is 4.79 Å². The zero-order chi connectivity index (χ0) is 12.6. The molecule has 1 aromatic rings. The largest absolute Gasteiger partial charge is 0.326 e. The van der Waals surface area contributed by atoms with Gasteiger partial charge in [-0.3, -0.25) is 4.79 Å². The summed E-state index contributed by atoms with van der Waals surface area (Å²) in [6.07, 6.45) is 1.05. The van der Waals surface area contributed by atoms with Crippen molar-refractivity contribution in [3.8, 4) is 0 Å². The maximum Gasteiger partial charge on any atom is 0.221 e. The predicted octanol–water partition coefficient (Wildman–Crippen LogP) is 3.87. The van der Waals surface area contributed by atoms with E-state index >= 15 is 0 Å². The molecule has 0 heterocycles. The molecule has 0 aliphatic carbocycles. The first-order valence-electron chi connectivity index (χ1n) is 5.94. The van der Waals surface area contributed by atoms with Crippen molar-refractivity contribution in [3.05, 3.63) is 29.8 Å². The summed E-state index contributed by atoms with van der Waals surface area (Å²) < 4.78 is 0. The molecule has 0 aromatic heterocycles. The Balaban J connectivity index is 0.00000106. The van der Waals surface area contributed by atoms with Crippen LogP contribution in [-0.4, -0.2) is 5.91 Å². The van der Waals surface area contributed by atoms with E-state index in [4.69, 9.17) is 0 Å². The van der Waals surface area contributed by atoms with Gasteiger partial charge in [-0.05, 0) is 30.0 Å². The fourth-order valence-electron chi connectivity index (χ4n) is 1.45. The summed E-state index contributed by atoms with van der Waals surface area (Å²) in [6, 6.07) is 8.00. The Hall–Kier alpha value is -1.31. The van der Waals surface area contributed by atoms with E-state index in [1.165, 1.54) is 12.5 Å². The first kappa shape index (κ1) is 14.7. The Kier molecular flexibility index (Phi) is 7.27. The van der Waals surface area contributed by atoms with Gasteiger partial charge in [-0.15, -0.1) is 0 Å². The number of hydrogen-bond acceptors (Lipinski definition) is 1. The molecular formula is C14H23NO. The SMILES string of the molecule is CC.CC(=O)Nc1cccc(CC(C)C)c1. The van der Waals surface area contributed by atoms with Gasteiger partial charge < -0.3 is 5.32 Å². The Morgan fingerprint density at radius 3 is 2.44 bits per heavy atom. The van der Waals surface area contributed by atoms with Crippen molar-refractivity contribution in [2.75, 3.05) is 5.32 Å². The maximum atomic E-state index is 10.8. The van der Waals surface area contributed by atoms with E-state index in [-0.39, 0.29) is 5.91 Å². The minimum absolute atomic E-state index is 0.0216. The Labute approximate surface area is 99.1 Å². The van der Waals surface area contributed by atoms with E-state index in [1.807, 2.05) is 32.0 Å². The molecule has 0 bridgehead atoms. The molecule has 2 heteroatoms. The fraction of sp³-hybridized carbons (Fsp3) is 0.500. The summed E-state index contributed by atoms with van der Waals surface area (Å²) in [5, 5.41) is 2.78. The highest BCUT2D eigenvalue weighted by Gasteiger charge is 1.99. The second-order valence-corrected chi connectivity index (χ2v) is 3.98. The highest BCUT2D eigenvalue weighted by Crippen LogP contribution is 2.13. The van der Waals surface area contributed by atoms with Crippen LogP contribution < -0.4 is 5.32 Å². The predicted molar refractivity (Wildman–Crippen MR) is 70.6 cm³/mol. The van der Waals surface area contributed by atoms with Crippen molar-refractivity contribution < 1.29 is 4.79 Å². The van der Waals surface area contributed by atoms with E-state index in [1.54, 1.807) is 0 Å². The quantitative estimate of drug-likeness (QED) is 0.824. The lowest BCUT2D eigenvalue weighted by molar-refractivity contribution is -0.114. The van der Waals surface area contributed by atoms with Gasteiger partial charge in [-0.1, -0.05) is 39.8 Å². The van der Waals surface area contributed by atoms with Crippen molar-refractivity contribution in [2.24, 2.45) is 5.92 Å². The summed E-state index contributed by atoms with van der Waals surface area (Å²) in [6.45, 7) is 9.89. The number of carbonyl (C=O) groups excluding carboxylic acids is 1. The summed E-state index contributed by atoms with van der Waals surface area (Å²) >= 11 is 0. The van der Waals surface area contributed by atoms with Crippen LogP contribution in [0, 0.1) is 5.92 Å². The van der Waals surface area contributed by atoms with Crippen LogP contribution >= 0.6 is 0 Å². The number of carbonyl (C=O) groups is 1. The molecule has 16 heavy (non-hydrogen) atoms. The third-order valence-electron chi connectivity index (χ3n) is 1.89. The third kappa shape index (κ3) is 6.23. The molecule has 0 aliphatic rings. The van der Waals surface area contributed by atoms with E-state index in [0.717, 1.165) is 12.1 Å². The van der Waals surface area contributed by atoms with Crippen molar-refractivity contribution in [2.45, 2.75) is 41.0 Å². The fourth-order valence-corrected chi connectivity index (χ4v) is 1.45. The first-order chi connectivity index (χ1) is 7.58.